The van der Waals surface area contributed by atoms with E-state index in [0.29, 0.717) is 16.8 Å². The molecule has 1 N–H and O–H groups in total. The summed E-state index contributed by atoms with van der Waals surface area (Å²) in [6, 6.07) is 1.60. The fourth-order valence-electron chi connectivity index (χ4n) is 2.39. The van der Waals surface area contributed by atoms with Crippen LogP contribution >= 0.6 is 15.9 Å². The van der Waals surface area contributed by atoms with Crippen LogP contribution in [0.3, 0.4) is 0 Å². The molecule has 0 radical (unpaired) electrons. The minimum absolute atomic E-state index is 0.163. The largest absolute Gasteiger partial charge is 0.478 e. The van der Waals surface area contributed by atoms with E-state index in [9.17, 15) is 9.90 Å². The fraction of sp³-hybridized carbons (Fsp3) is 0.571. The highest BCUT2D eigenvalue weighted by Gasteiger charge is 2.25. The third-order valence-corrected chi connectivity index (χ3v) is 3.73. The Hall–Kier alpha value is -1.14. The maximum atomic E-state index is 11.4. The van der Waals surface area contributed by atoms with Crippen molar-refractivity contribution in [3.8, 4) is 0 Å². The van der Waals surface area contributed by atoms with Crippen molar-refractivity contribution >= 4 is 27.7 Å². The molecule has 20 heavy (non-hydrogen) atoms. The van der Waals surface area contributed by atoms with Gasteiger partial charge in [-0.3, -0.25) is 0 Å². The molecule has 1 unspecified atom stereocenters. The van der Waals surface area contributed by atoms with Crippen LogP contribution in [0.2, 0.25) is 0 Å². The zero-order valence-corrected chi connectivity index (χ0v) is 13.1. The van der Waals surface area contributed by atoms with Gasteiger partial charge in [-0.25, -0.2) is 9.78 Å². The van der Waals surface area contributed by atoms with Gasteiger partial charge in [-0.15, -0.1) is 0 Å². The Balaban J connectivity index is 2.16. The molecule has 0 spiro atoms. The van der Waals surface area contributed by atoms with Crippen LogP contribution in [0, 0.1) is 0 Å². The molecule has 1 aliphatic rings. The van der Waals surface area contributed by atoms with Crippen molar-refractivity contribution < 1.29 is 14.6 Å². The molecule has 2 rings (SSSR count). The van der Waals surface area contributed by atoms with E-state index in [4.69, 9.17) is 4.74 Å². The number of ether oxygens (including phenoxy) is 1. The van der Waals surface area contributed by atoms with Crippen LogP contribution in [0.25, 0.3) is 0 Å². The first-order chi connectivity index (χ1) is 9.61. The van der Waals surface area contributed by atoms with E-state index in [-0.39, 0.29) is 11.7 Å². The molecule has 0 aliphatic carbocycles. The normalized spacial score (nSPS) is 19.1. The van der Waals surface area contributed by atoms with E-state index >= 15 is 0 Å². The Morgan fingerprint density at radius 1 is 1.65 bits per heavy atom. The van der Waals surface area contributed by atoms with Gasteiger partial charge in [0, 0.05) is 30.4 Å². The predicted octanol–water partition coefficient (Wildman–Crippen LogP) is 2.94. The summed E-state index contributed by atoms with van der Waals surface area (Å²) >= 11 is 3.27. The smallest absolute Gasteiger partial charge is 0.339 e. The van der Waals surface area contributed by atoms with E-state index in [2.05, 4.69) is 27.8 Å². The highest BCUT2D eigenvalue weighted by molar-refractivity contribution is 9.10. The molecular formula is C14H19BrN2O3. The Kier molecular flexibility index (Phi) is 5.37. The summed E-state index contributed by atoms with van der Waals surface area (Å²) in [5.41, 5.74) is 0.232. The van der Waals surface area contributed by atoms with Crippen molar-refractivity contribution in [2.24, 2.45) is 0 Å². The Labute approximate surface area is 127 Å². The van der Waals surface area contributed by atoms with Gasteiger partial charge in [0.25, 0.3) is 0 Å². The van der Waals surface area contributed by atoms with Crippen molar-refractivity contribution in [3.05, 3.63) is 22.3 Å². The molecule has 1 fully saturated rings. The molecule has 1 saturated heterocycles. The zero-order valence-electron chi connectivity index (χ0n) is 11.5. The number of aromatic nitrogens is 1. The van der Waals surface area contributed by atoms with E-state index < -0.39 is 5.97 Å². The lowest BCUT2D eigenvalue weighted by Gasteiger charge is -2.34. The van der Waals surface area contributed by atoms with Crippen molar-refractivity contribution in [1.29, 1.82) is 0 Å². The summed E-state index contributed by atoms with van der Waals surface area (Å²) in [5.74, 6) is -0.420. The SMILES string of the molecule is CCCOC1CCCN(c2ncc(Br)cc2C(=O)O)C1. The Morgan fingerprint density at radius 2 is 2.45 bits per heavy atom. The maximum absolute atomic E-state index is 11.4. The summed E-state index contributed by atoms with van der Waals surface area (Å²) in [5, 5.41) is 9.31. The lowest BCUT2D eigenvalue weighted by atomic mass is 10.1. The first kappa shape index (κ1) is 15.3. The second-order valence-corrected chi connectivity index (χ2v) is 5.83. The average molecular weight is 343 g/mol. The average Bonchev–Trinajstić information content (AvgIpc) is 2.45. The molecule has 1 aromatic heterocycles. The first-order valence-electron chi connectivity index (χ1n) is 6.87. The van der Waals surface area contributed by atoms with Crippen LogP contribution in [0.5, 0.6) is 0 Å². The van der Waals surface area contributed by atoms with Gasteiger partial charge in [-0.1, -0.05) is 6.92 Å². The number of piperidine rings is 1. The first-order valence-corrected chi connectivity index (χ1v) is 7.66. The van der Waals surface area contributed by atoms with Crippen molar-refractivity contribution in [2.45, 2.75) is 32.3 Å². The van der Waals surface area contributed by atoms with Crippen molar-refractivity contribution in [1.82, 2.24) is 4.98 Å². The molecule has 1 aliphatic heterocycles. The van der Waals surface area contributed by atoms with Crippen LogP contribution in [0.15, 0.2) is 16.7 Å². The number of carbonyl (C=O) groups is 1. The Morgan fingerprint density at radius 3 is 3.15 bits per heavy atom. The molecular weight excluding hydrogens is 324 g/mol. The summed E-state index contributed by atoms with van der Waals surface area (Å²) in [6.07, 6.45) is 4.81. The number of halogens is 1. The van der Waals surface area contributed by atoms with Crippen molar-refractivity contribution in [2.75, 3.05) is 24.6 Å². The van der Waals surface area contributed by atoms with E-state index in [1.165, 1.54) is 0 Å². The highest BCUT2D eigenvalue weighted by Crippen LogP contribution is 2.25. The number of hydrogen-bond donors (Lipinski definition) is 1. The number of carboxylic acids is 1. The molecule has 5 nitrogen and oxygen atoms in total. The summed E-state index contributed by atoms with van der Waals surface area (Å²) in [6.45, 7) is 4.35. The monoisotopic (exact) mass is 342 g/mol. The van der Waals surface area contributed by atoms with E-state index in [1.54, 1.807) is 12.3 Å². The lowest BCUT2D eigenvalue weighted by Crippen LogP contribution is -2.41. The third kappa shape index (κ3) is 3.70. The van der Waals surface area contributed by atoms with Crippen LogP contribution in [-0.4, -0.2) is 41.9 Å². The number of anilines is 1. The molecule has 1 aromatic rings. The molecule has 0 aromatic carbocycles. The zero-order chi connectivity index (χ0) is 14.5. The van der Waals surface area contributed by atoms with Gasteiger partial charge in [0.05, 0.1) is 6.10 Å². The van der Waals surface area contributed by atoms with Gasteiger partial charge < -0.3 is 14.7 Å². The van der Waals surface area contributed by atoms with Crippen LogP contribution in [0.4, 0.5) is 5.82 Å². The fourth-order valence-corrected chi connectivity index (χ4v) is 2.72. The van der Waals surface area contributed by atoms with Crippen molar-refractivity contribution in [3.63, 3.8) is 0 Å². The van der Waals surface area contributed by atoms with E-state index in [0.717, 1.165) is 32.4 Å². The number of rotatable bonds is 5. The number of nitrogens with zero attached hydrogens (tertiary/aromatic N) is 2. The van der Waals surface area contributed by atoms with Gasteiger partial charge in [0.1, 0.15) is 11.4 Å². The number of aromatic carboxylic acids is 1. The highest BCUT2D eigenvalue weighted by atomic mass is 79.9. The number of carboxylic acid groups (broad SMARTS) is 1. The van der Waals surface area contributed by atoms with Gasteiger partial charge >= 0.3 is 5.97 Å². The molecule has 0 amide bonds. The van der Waals surface area contributed by atoms with Gasteiger partial charge in [-0.2, -0.15) is 0 Å². The summed E-state index contributed by atoms with van der Waals surface area (Å²) in [4.78, 5) is 17.6. The van der Waals surface area contributed by atoms with Crippen LogP contribution in [0.1, 0.15) is 36.5 Å². The quantitative estimate of drug-likeness (QED) is 0.891. The predicted molar refractivity (Wildman–Crippen MR) is 80.4 cm³/mol. The summed E-state index contributed by atoms with van der Waals surface area (Å²) in [7, 11) is 0. The van der Waals surface area contributed by atoms with Gasteiger partial charge in [0.2, 0.25) is 0 Å². The minimum Gasteiger partial charge on any atom is -0.478 e. The molecule has 0 saturated carbocycles. The molecule has 2 heterocycles. The maximum Gasteiger partial charge on any atom is 0.339 e. The molecule has 6 heteroatoms. The third-order valence-electron chi connectivity index (χ3n) is 3.30. The van der Waals surface area contributed by atoms with Crippen LogP contribution < -0.4 is 4.90 Å². The number of hydrogen-bond acceptors (Lipinski definition) is 4. The summed E-state index contributed by atoms with van der Waals surface area (Å²) < 4.78 is 6.46. The second-order valence-electron chi connectivity index (χ2n) is 4.91. The molecule has 1 atom stereocenters. The number of pyridine rings is 1. The Bertz CT molecular complexity index is 481. The van der Waals surface area contributed by atoms with Crippen LogP contribution in [-0.2, 0) is 4.74 Å². The van der Waals surface area contributed by atoms with Gasteiger partial charge in [-0.05, 0) is 41.3 Å². The second kappa shape index (κ2) is 7.04. The standard InChI is InChI=1S/C14H19BrN2O3/c1-2-6-20-11-4-3-5-17(9-11)13-12(14(18)19)7-10(15)8-16-13/h7-8,11H,2-6,9H2,1H3,(H,18,19). The lowest BCUT2D eigenvalue weighted by molar-refractivity contribution is 0.0437. The topological polar surface area (TPSA) is 62.7 Å². The molecule has 0 bridgehead atoms. The van der Waals surface area contributed by atoms with Gasteiger partial charge in [0.15, 0.2) is 0 Å². The minimum atomic E-state index is -0.953. The van der Waals surface area contributed by atoms with E-state index in [1.807, 2.05) is 4.90 Å². The molecule has 110 valence electrons.